The first kappa shape index (κ1) is 27.4. The van der Waals surface area contributed by atoms with Crippen LogP contribution in [0.2, 0.25) is 0 Å². The number of aromatic nitrogens is 3. The van der Waals surface area contributed by atoms with Crippen molar-refractivity contribution in [3.05, 3.63) is 71.0 Å². The Balaban J connectivity index is 1.67. The van der Waals surface area contributed by atoms with Crippen LogP contribution in [-0.4, -0.2) is 77.0 Å². The summed E-state index contributed by atoms with van der Waals surface area (Å²) in [5.41, 5.74) is 5.56. The lowest BCUT2D eigenvalue weighted by Gasteiger charge is -2.19. The number of carbonyl (C=O) groups is 2. The SMILES string of the molecule is CC1=C(CNC(=O)c2cc(-c3cccc(CN(C)CCN(C)C)c3)nc3c2cnn3C(C)C)C(=O)CC=C1. The number of rotatable bonds is 10. The first-order chi connectivity index (χ1) is 18.1. The van der Waals surface area contributed by atoms with E-state index in [0.29, 0.717) is 28.6 Å². The van der Waals surface area contributed by atoms with Gasteiger partial charge in [-0.25, -0.2) is 9.67 Å². The van der Waals surface area contributed by atoms with Crippen LogP contribution in [0.3, 0.4) is 0 Å². The molecule has 1 amide bonds. The van der Waals surface area contributed by atoms with Crippen LogP contribution in [0, 0.1) is 0 Å². The van der Waals surface area contributed by atoms with Gasteiger partial charge in [0.15, 0.2) is 11.4 Å². The predicted molar refractivity (Wildman–Crippen MR) is 152 cm³/mol. The monoisotopic (exact) mass is 514 g/mol. The van der Waals surface area contributed by atoms with E-state index in [-0.39, 0.29) is 24.3 Å². The Morgan fingerprint density at radius 2 is 1.95 bits per heavy atom. The summed E-state index contributed by atoms with van der Waals surface area (Å²) in [4.78, 5) is 35.3. The molecule has 1 aromatic carbocycles. The number of allylic oxidation sites excluding steroid dienone is 3. The van der Waals surface area contributed by atoms with Gasteiger partial charge in [-0.3, -0.25) is 9.59 Å². The Bertz CT molecular complexity index is 1400. The smallest absolute Gasteiger partial charge is 0.252 e. The number of fused-ring (bicyclic) bond motifs is 1. The van der Waals surface area contributed by atoms with Gasteiger partial charge < -0.3 is 15.1 Å². The van der Waals surface area contributed by atoms with E-state index < -0.39 is 0 Å². The Morgan fingerprint density at radius 3 is 2.66 bits per heavy atom. The molecule has 1 N–H and O–H groups in total. The zero-order chi connectivity index (χ0) is 27.4. The summed E-state index contributed by atoms with van der Waals surface area (Å²) in [6.45, 7) is 8.95. The molecule has 4 rings (SSSR count). The van der Waals surface area contributed by atoms with Crippen molar-refractivity contribution in [2.75, 3.05) is 40.8 Å². The summed E-state index contributed by atoms with van der Waals surface area (Å²) in [7, 11) is 6.27. The Kier molecular flexibility index (Phi) is 8.54. The van der Waals surface area contributed by atoms with Crippen LogP contribution in [0.5, 0.6) is 0 Å². The summed E-state index contributed by atoms with van der Waals surface area (Å²) in [5.74, 6) is -0.199. The molecule has 1 aliphatic carbocycles. The van der Waals surface area contributed by atoms with Crippen LogP contribution in [0.25, 0.3) is 22.3 Å². The molecular formula is C30H38N6O2. The number of benzene rings is 1. The maximum atomic E-state index is 13.5. The van der Waals surface area contributed by atoms with Crippen molar-refractivity contribution in [3.63, 3.8) is 0 Å². The average Bonchev–Trinajstić information content (AvgIpc) is 3.31. The number of likely N-dealkylation sites (N-methyl/N-ethyl adjacent to an activating group) is 2. The summed E-state index contributed by atoms with van der Waals surface area (Å²) < 4.78 is 1.84. The van der Waals surface area contributed by atoms with E-state index >= 15 is 0 Å². The van der Waals surface area contributed by atoms with Crippen molar-refractivity contribution in [1.29, 1.82) is 0 Å². The standard InChI is InChI=1S/C30H38N6O2/c1-20(2)36-29-26(18-32-36)24(30(38)31-17-25-21(3)9-7-12-28(25)37)16-27(33-29)23-11-8-10-22(15-23)19-35(6)14-13-34(4)5/h7-11,15-16,18,20H,12-14,17,19H2,1-6H3,(H,31,38). The topological polar surface area (TPSA) is 83.4 Å². The number of pyridine rings is 1. The van der Waals surface area contributed by atoms with Crippen LogP contribution >= 0.6 is 0 Å². The zero-order valence-corrected chi connectivity index (χ0v) is 23.3. The number of Topliss-reactive ketones (excluding diaryl/α,β-unsaturated/α-hetero) is 1. The second-order valence-corrected chi connectivity index (χ2v) is 10.6. The fourth-order valence-corrected chi connectivity index (χ4v) is 4.61. The molecule has 0 atom stereocenters. The number of nitrogens with one attached hydrogen (secondary N) is 1. The van der Waals surface area contributed by atoms with E-state index in [1.54, 1.807) is 6.20 Å². The lowest BCUT2D eigenvalue weighted by molar-refractivity contribution is -0.115. The maximum absolute atomic E-state index is 13.5. The van der Waals surface area contributed by atoms with E-state index in [0.717, 1.165) is 36.5 Å². The van der Waals surface area contributed by atoms with E-state index in [2.05, 4.69) is 53.5 Å². The molecule has 8 heteroatoms. The van der Waals surface area contributed by atoms with Crippen molar-refractivity contribution in [3.8, 4) is 11.3 Å². The van der Waals surface area contributed by atoms with Crippen molar-refractivity contribution in [2.24, 2.45) is 0 Å². The number of ketones is 1. The highest BCUT2D eigenvalue weighted by Gasteiger charge is 2.21. The summed E-state index contributed by atoms with van der Waals surface area (Å²) in [6.07, 6.45) is 5.86. The third kappa shape index (κ3) is 6.26. The van der Waals surface area contributed by atoms with Crippen molar-refractivity contribution in [1.82, 2.24) is 29.9 Å². The van der Waals surface area contributed by atoms with Crippen LogP contribution in [-0.2, 0) is 11.3 Å². The molecule has 0 aliphatic heterocycles. The minimum absolute atomic E-state index is 0.0471. The molecular weight excluding hydrogens is 476 g/mol. The van der Waals surface area contributed by atoms with Gasteiger partial charge in [-0.15, -0.1) is 0 Å². The largest absolute Gasteiger partial charge is 0.348 e. The quantitative estimate of drug-likeness (QED) is 0.436. The predicted octanol–water partition coefficient (Wildman–Crippen LogP) is 4.25. The molecule has 0 bridgehead atoms. The van der Waals surface area contributed by atoms with Gasteiger partial charge in [0.05, 0.1) is 22.8 Å². The molecule has 200 valence electrons. The molecule has 1 aliphatic rings. The molecule has 0 fully saturated rings. The van der Waals surface area contributed by atoms with Gasteiger partial charge >= 0.3 is 0 Å². The Labute approximate surface area is 225 Å². The lowest BCUT2D eigenvalue weighted by atomic mass is 9.97. The second kappa shape index (κ2) is 11.8. The van der Waals surface area contributed by atoms with E-state index in [9.17, 15) is 9.59 Å². The Hall–Kier alpha value is -3.62. The number of amides is 1. The molecule has 0 spiro atoms. The maximum Gasteiger partial charge on any atom is 0.252 e. The Morgan fingerprint density at radius 1 is 1.16 bits per heavy atom. The van der Waals surface area contributed by atoms with E-state index in [1.807, 2.05) is 55.8 Å². The molecule has 0 saturated heterocycles. The fourth-order valence-electron chi connectivity index (χ4n) is 4.61. The molecule has 3 aromatic rings. The summed E-state index contributed by atoms with van der Waals surface area (Å²) >= 11 is 0. The number of hydrogen-bond acceptors (Lipinski definition) is 6. The van der Waals surface area contributed by atoms with Crippen molar-refractivity contribution < 1.29 is 9.59 Å². The normalized spacial score (nSPS) is 14.0. The molecule has 2 aromatic heterocycles. The highest BCUT2D eigenvalue weighted by molar-refractivity contribution is 6.07. The molecule has 0 unspecified atom stereocenters. The number of hydrogen-bond donors (Lipinski definition) is 1. The van der Waals surface area contributed by atoms with Crippen LogP contribution in [0.1, 0.15) is 49.2 Å². The minimum Gasteiger partial charge on any atom is -0.348 e. The average molecular weight is 515 g/mol. The van der Waals surface area contributed by atoms with Gasteiger partial charge in [-0.1, -0.05) is 30.4 Å². The van der Waals surface area contributed by atoms with E-state index in [4.69, 9.17) is 4.98 Å². The van der Waals surface area contributed by atoms with Gasteiger partial charge in [0, 0.05) is 49.8 Å². The van der Waals surface area contributed by atoms with Gasteiger partial charge in [0.2, 0.25) is 0 Å². The van der Waals surface area contributed by atoms with Crippen molar-refractivity contribution in [2.45, 2.75) is 39.8 Å². The molecule has 8 nitrogen and oxygen atoms in total. The zero-order valence-electron chi connectivity index (χ0n) is 23.3. The van der Waals surface area contributed by atoms with Crippen molar-refractivity contribution >= 4 is 22.7 Å². The van der Waals surface area contributed by atoms with Gasteiger partial charge in [0.1, 0.15) is 0 Å². The highest BCUT2D eigenvalue weighted by Crippen LogP contribution is 2.27. The summed E-state index contributed by atoms with van der Waals surface area (Å²) in [5, 5.41) is 8.20. The third-order valence-electron chi connectivity index (χ3n) is 6.81. The third-order valence-corrected chi connectivity index (χ3v) is 6.81. The number of nitrogens with zero attached hydrogens (tertiary/aromatic N) is 5. The molecule has 0 saturated carbocycles. The lowest BCUT2D eigenvalue weighted by Crippen LogP contribution is -2.29. The van der Waals surface area contributed by atoms with Gasteiger partial charge in [-0.05, 0) is 65.2 Å². The minimum atomic E-state index is -0.246. The van der Waals surface area contributed by atoms with Gasteiger partial charge in [-0.2, -0.15) is 5.10 Å². The first-order valence-corrected chi connectivity index (χ1v) is 13.1. The van der Waals surface area contributed by atoms with Gasteiger partial charge in [0.25, 0.3) is 5.91 Å². The molecule has 2 heterocycles. The second-order valence-electron chi connectivity index (χ2n) is 10.6. The molecule has 0 radical (unpaired) electrons. The van der Waals surface area contributed by atoms with Crippen LogP contribution in [0.15, 0.2) is 59.8 Å². The first-order valence-electron chi connectivity index (χ1n) is 13.1. The van der Waals surface area contributed by atoms with Crippen LogP contribution in [0.4, 0.5) is 0 Å². The highest BCUT2D eigenvalue weighted by atomic mass is 16.2. The molecule has 38 heavy (non-hydrogen) atoms. The summed E-state index contributed by atoms with van der Waals surface area (Å²) in [6, 6.07) is 10.2. The van der Waals surface area contributed by atoms with Crippen LogP contribution < -0.4 is 5.32 Å². The number of carbonyl (C=O) groups excluding carboxylic acids is 2. The fraction of sp³-hybridized carbons (Fsp3) is 0.400. The van der Waals surface area contributed by atoms with E-state index in [1.165, 1.54) is 5.56 Å².